The molecule has 0 aliphatic rings. The maximum atomic E-state index is 13.6. The lowest BCUT2D eigenvalue weighted by molar-refractivity contribution is 0.0705. The van der Waals surface area contributed by atoms with Crippen LogP contribution < -0.4 is 22.1 Å². The van der Waals surface area contributed by atoms with Crippen molar-refractivity contribution in [3.63, 3.8) is 0 Å². The summed E-state index contributed by atoms with van der Waals surface area (Å²) in [6.45, 7) is 2.00. The minimum absolute atomic E-state index is 0.0130. The fourth-order valence-electron chi connectivity index (χ4n) is 4.23. The highest BCUT2D eigenvalue weighted by atomic mass is 16.5. The number of anilines is 2. The van der Waals surface area contributed by atoms with Crippen molar-refractivity contribution >= 4 is 45.6 Å². The van der Waals surface area contributed by atoms with E-state index in [1.54, 1.807) is 12.1 Å². The smallest absolute Gasteiger partial charge is 0.277 e. The van der Waals surface area contributed by atoms with Crippen LogP contribution in [0.5, 0.6) is 0 Å². The second-order valence-electron chi connectivity index (χ2n) is 9.00. The summed E-state index contributed by atoms with van der Waals surface area (Å²) in [6.07, 6.45) is 6.62. The van der Waals surface area contributed by atoms with E-state index in [2.05, 4.69) is 40.2 Å². The maximum absolute atomic E-state index is 13.6. The van der Waals surface area contributed by atoms with Gasteiger partial charge in [0.25, 0.3) is 17.4 Å². The van der Waals surface area contributed by atoms with Crippen molar-refractivity contribution in [1.29, 1.82) is 0 Å². The van der Waals surface area contributed by atoms with Crippen LogP contribution in [0.4, 0.5) is 11.8 Å². The first-order valence-electron chi connectivity index (χ1n) is 13.0. The quantitative estimate of drug-likeness (QED) is 0.142. The van der Waals surface area contributed by atoms with Crippen LogP contribution >= 0.6 is 0 Å². The van der Waals surface area contributed by atoms with Crippen LogP contribution in [0.1, 0.15) is 39.9 Å². The highest BCUT2D eigenvalue weighted by molar-refractivity contribution is 6.11. The lowest BCUT2D eigenvalue weighted by Gasteiger charge is -2.14. The lowest BCUT2D eigenvalue weighted by atomic mass is 10.1. The van der Waals surface area contributed by atoms with Crippen molar-refractivity contribution in [3.05, 3.63) is 101 Å². The first-order valence-corrected chi connectivity index (χ1v) is 13.0. The van der Waals surface area contributed by atoms with Crippen molar-refractivity contribution in [3.8, 4) is 5.69 Å². The van der Waals surface area contributed by atoms with Gasteiger partial charge in [0, 0.05) is 18.8 Å². The molecule has 0 saturated heterocycles. The third-order valence-corrected chi connectivity index (χ3v) is 6.19. The summed E-state index contributed by atoms with van der Waals surface area (Å²) in [7, 11) is 0. The Kier molecular flexibility index (Phi) is 8.34. The Hall–Kier alpha value is -6.09. The molecule has 43 heavy (non-hydrogen) atoms. The third kappa shape index (κ3) is 6.01. The van der Waals surface area contributed by atoms with Gasteiger partial charge in [-0.1, -0.05) is 31.2 Å². The standard InChI is InChI=1S/C23H20N6O4.C5H5N5/c1-2-7-18-26-17-11-6-10-16(19(17)22(32)29(18)15-8-4-3-5-9-15)21(31)27-23-24-12-14(13-25-23)20(30)28-33;6-4-3-5(9-1-7-3)10-2-8-4/h3-6,8-13,33H,2,7H2,1H3,(H,28,30)(H,24,25,27,31);1-2H,(H3,6,7,8,9,10). The number of rotatable bonds is 6. The highest BCUT2D eigenvalue weighted by Gasteiger charge is 2.19. The van der Waals surface area contributed by atoms with Gasteiger partial charge in [-0.05, 0) is 30.7 Å². The van der Waals surface area contributed by atoms with Crippen molar-refractivity contribution in [2.75, 3.05) is 11.1 Å². The number of imidazole rings is 1. The van der Waals surface area contributed by atoms with Gasteiger partial charge in [0.15, 0.2) is 11.5 Å². The van der Waals surface area contributed by atoms with E-state index in [1.807, 2.05) is 37.3 Å². The molecule has 6 N–H and O–H groups in total. The van der Waals surface area contributed by atoms with Crippen LogP contribution in [0.3, 0.4) is 0 Å². The van der Waals surface area contributed by atoms with E-state index in [1.165, 1.54) is 28.8 Å². The third-order valence-electron chi connectivity index (χ3n) is 6.19. The van der Waals surface area contributed by atoms with E-state index in [0.29, 0.717) is 40.4 Å². The Bertz CT molecular complexity index is 1970. The van der Waals surface area contributed by atoms with E-state index in [4.69, 9.17) is 10.9 Å². The summed E-state index contributed by atoms with van der Waals surface area (Å²) < 4.78 is 1.53. The molecule has 15 heteroatoms. The number of aromatic amines is 1. The number of hydrogen-bond acceptors (Lipinski definition) is 11. The fraction of sp³-hybridized carbons (Fsp3) is 0.107. The van der Waals surface area contributed by atoms with Gasteiger partial charge >= 0.3 is 0 Å². The topological polar surface area (TPSA) is 220 Å². The second kappa shape index (κ2) is 12.6. The molecule has 4 aromatic heterocycles. The molecule has 0 bridgehead atoms. The number of nitrogens with one attached hydrogen (secondary N) is 3. The summed E-state index contributed by atoms with van der Waals surface area (Å²) in [6, 6.07) is 14.0. The first-order chi connectivity index (χ1) is 20.9. The number of H-pyrrole nitrogens is 1. The van der Waals surface area contributed by atoms with E-state index in [9.17, 15) is 14.4 Å². The molecule has 15 nitrogen and oxygen atoms in total. The average molecular weight is 580 g/mol. The van der Waals surface area contributed by atoms with Gasteiger partial charge in [-0.25, -0.2) is 35.4 Å². The number of para-hydroxylation sites is 1. The van der Waals surface area contributed by atoms with Crippen LogP contribution in [-0.4, -0.2) is 56.5 Å². The summed E-state index contributed by atoms with van der Waals surface area (Å²) in [4.78, 5) is 64.9. The number of carbonyl (C=O) groups excluding carboxylic acids is 2. The number of carbonyl (C=O) groups is 2. The Morgan fingerprint density at radius 1 is 0.977 bits per heavy atom. The zero-order valence-electron chi connectivity index (χ0n) is 22.7. The van der Waals surface area contributed by atoms with Crippen molar-refractivity contribution < 1.29 is 14.8 Å². The van der Waals surface area contributed by atoms with Crippen molar-refractivity contribution in [2.24, 2.45) is 0 Å². The predicted octanol–water partition coefficient (Wildman–Crippen LogP) is 2.43. The fourth-order valence-corrected chi connectivity index (χ4v) is 4.23. The minimum atomic E-state index is -0.780. The lowest BCUT2D eigenvalue weighted by Crippen LogP contribution is -2.26. The van der Waals surface area contributed by atoms with Crippen LogP contribution in [0, 0.1) is 0 Å². The van der Waals surface area contributed by atoms with Crippen molar-refractivity contribution in [2.45, 2.75) is 19.8 Å². The molecule has 2 aromatic carbocycles. The van der Waals surface area contributed by atoms with Gasteiger partial charge in [0.2, 0.25) is 5.95 Å². The number of nitrogen functional groups attached to an aromatic ring is 1. The molecular formula is C28H25N11O4. The number of aryl methyl sites for hydroxylation is 1. The molecule has 6 aromatic rings. The van der Waals surface area contributed by atoms with Crippen molar-refractivity contribution in [1.82, 2.24) is 44.9 Å². The Morgan fingerprint density at radius 2 is 1.74 bits per heavy atom. The molecule has 0 spiro atoms. The Labute approximate surface area is 242 Å². The molecular weight excluding hydrogens is 554 g/mol. The van der Waals surface area contributed by atoms with Gasteiger partial charge < -0.3 is 10.7 Å². The summed E-state index contributed by atoms with van der Waals surface area (Å²) in [5, 5.41) is 11.4. The molecule has 0 aliphatic carbocycles. The number of aromatic nitrogens is 8. The maximum Gasteiger partial charge on any atom is 0.277 e. The van der Waals surface area contributed by atoms with Gasteiger partial charge in [-0.15, -0.1) is 0 Å². The van der Waals surface area contributed by atoms with Crippen LogP contribution in [0.25, 0.3) is 27.8 Å². The Balaban J connectivity index is 0.000000308. The summed E-state index contributed by atoms with van der Waals surface area (Å²) in [5.41, 5.74) is 9.12. The van der Waals surface area contributed by atoms with Crippen LogP contribution in [0.2, 0.25) is 0 Å². The molecule has 0 fully saturated rings. The number of benzene rings is 2. The minimum Gasteiger partial charge on any atom is -0.382 e. The van der Waals surface area contributed by atoms with E-state index < -0.39 is 11.8 Å². The summed E-state index contributed by atoms with van der Waals surface area (Å²) in [5.74, 6) is -0.396. The molecule has 6 rings (SSSR count). The number of fused-ring (bicyclic) bond motifs is 2. The largest absolute Gasteiger partial charge is 0.382 e. The Morgan fingerprint density at radius 3 is 2.44 bits per heavy atom. The SMILES string of the molecule is CCCc1nc2cccc(C(=O)Nc3ncc(C(=O)NO)cn3)c2c(=O)n1-c1ccccc1.Nc1ncnc2nc[nH]c12. The number of hydroxylamine groups is 1. The molecule has 4 heterocycles. The first kappa shape index (κ1) is 28.4. The molecule has 0 unspecified atom stereocenters. The number of nitrogens with two attached hydrogens (primary N) is 1. The van der Waals surface area contributed by atoms with Gasteiger partial charge in [-0.3, -0.25) is 29.5 Å². The second-order valence-corrected chi connectivity index (χ2v) is 9.00. The highest BCUT2D eigenvalue weighted by Crippen LogP contribution is 2.19. The zero-order valence-corrected chi connectivity index (χ0v) is 22.7. The number of amides is 2. The molecule has 0 radical (unpaired) electrons. The number of hydrogen-bond donors (Lipinski definition) is 5. The van der Waals surface area contributed by atoms with E-state index in [0.717, 1.165) is 18.8 Å². The zero-order chi connectivity index (χ0) is 30.3. The molecule has 2 amide bonds. The van der Waals surface area contributed by atoms with E-state index >= 15 is 0 Å². The molecule has 216 valence electrons. The van der Waals surface area contributed by atoms with Crippen LogP contribution in [-0.2, 0) is 6.42 Å². The normalized spacial score (nSPS) is 10.7. The number of nitrogens with zero attached hydrogens (tertiary/aromatic N) is 7. The predicted molar refractivity (Wildman–Crippen MR) is 157 cm³/mol. The summed E-state index contributed by atoms with van der Waals surface area (Å²) >= 11 is 0. The molecule has 0 saturated carbocycles. The monoisotopic (exact) mass is 579 g/mol. The average Bonchev–Trinajstić information content (AvgIpc) is 3.52. The van der Waals surface area contributed by atoms with Gasteiger partial charge in [-0.2, -0.15) is 0 Å². The molecule has 0 atom stereocenters. The molecule has 0 aliphatic heterocycles. The van der Waals surface area contributed by atoms with E-state index in [-0.39, 0.29) is 28.0 Å². The van der Waals surface area contributed by atoms with Gasteiger partial charge in [0.05, 0.1) is 34.0 Å². The van der Waals surface area contributed by atoms with Crippen LogP contribution in [0.15, 0.2) is 78.4 Å². The van der Waals surface area contributed by atoms with Gasteiger partial charge in [0.1, 0.15) is 17.7 Å².